The fraction of sp³-hybridized carbons (Fsp3) is 0.684. The van der Waals surface area contributed by atoms with Gasteiger partial charge in [-0.3, -0.25) is 30.5 Å². The molecule has 2 amide bonds. The summed E-state index contributed by atoms with van der Waals surface area (Å²) < 4.78 is 15.2. The first kappa shape index (κ1) is 25.0. The topological polar surface area (TPSA) is 114 Å². The van der Waals surface area contributed by atoms with E-state index in [-0.39, 0.29) is 42.0 Å². The van der Waals surface area contributed by atoms with Crippen LogP contribution in [-0.2, 0) is 9.59 Å². The minimum absolute atomic E-state index is 0.0149. The maximum Gasteiger partial charge on any atom is 0.243 e. The highest BCUT2D eigenvalue weighted by Crippen LogP contribution is 2.28. The van der Waals surface area contributed by atoms with E-state index in [4.69, 9.17) is 11.6 Å². The predicted octanol–water partition coefficient (Wildman–Crippen LogP) is 1.89. The lowest BCUT2D eigenvalue weighted by Crippen LogP contribution is -2.56. The molecule has 3 atom stereocenters. The third kappa shape index (κ3) is 6.37. The van der Waals surface area contributed by atoms with Crippen molar-refractivity contribution in [3.8, 4) is 0 Å². The summed E-state index contributed by atoms with van der Waals surface area (Å²) in [5.74, 6) is -2.11. The summed E-state index contributed by atoms with van der Waals surface area (Å²) in [7, 11) is 2.01. The molecule has 1 aromatic rings. The second-order valence-electron chi connectivity index (χ2n) is 7.81. The van der Waals surface area contributed by atoms with Crippen molar-refractivity contribution in [3.05, 3.63) is 11.1 Å². The number of rotatable bonds is 10. The first-order valence-corrected chi connectivity index (χ1v) is 10.7. The summed E-state index contributed by atoms with van der Waals surface area (Å²) in [6.45, 7) is 7.12. The number of piperazine rings is 1. The van der Waals surface area contributed by atoms with Crippen LogP contribution in [0.4, 0.5) is 16.0 Å². The van der Waals surface area contributed by atoms with Crippen LogP contribution in [0.2, 0.25) is 5.28 Å². The number of aromatic nitrogens is 2. The molecule has 1 aromatic heterocycles. The van der Waals surface area contributed by atoms with Crippen LogP contribution in [0, 0.1) is 11.7 Å². The van der Waals surface area contributed by atoms with Crippen LogP contribution in [-0.4, -0.2) is 76.2 Å². The van der Waals surface area contributed by atoms with Crippen LogP contribution in [0.5, 0.6) is 0 Å². The molecular weight excluding hydrogens is 429 g/mol. The van der Waals surface area contributed by atoms with E-state index < -0.39 is 17.6 Å². The Morgan fingerprint density at radius 3 is 2.74 bits per heavy atom. The van der Waals surface area contributed by atoms with Gasteiger partial charge in [0.2, 0.25) is 23.4 Å². The molecule has 2 rings (SSSR count). The van der Waals surface area contributed by atoms with Gasteiger partial charge < -0.3 is 4.90 Å². The van der Waals surface area contributed by atoms with E-state index in [2.05, 4.69) is 32.6 Å². The number of hydrogen-bond donors (Lipinski definition) is 3. The lowest BCUT2D eigenvalue weighted by atomic mass is 10.0. The van der Waals surface area contributed by atoms with Gasteiger partial charge in [-0.1, -0.05) is 19.8 Å². The van der Waals surface area contributed by atoms with Crippen molar-refractivity contribution in [3.63, 3.8) is 0 Å². The molecule has 0 unspecified atom stereocenters. The van der Waals surface area contributed by atoms with Crippen LogP contribution >= 0.6 is 11.6 Å². The van der Waals surface area contributed by atoms with Crippen LogP contribution in [0.15, 0.2) is 0 Å². The zero-order valence-electron chi connectivity index (χ0n) is 18.3. The van der Waals surface area contributed by atoms with Crippen molar-refractivity contribution in [2.45, 2.75) is 52.1 Å². The first-order chi connectivity index (χ1) is 14.7. The Morgan fingerprint density at radius 2 is 2.10 bits per heavy atom. The Kier molecular flexibility index (Phi) is 9.20. The zero-order chi connectivity index (χ0) is 23.1. The number of carbonyl (C=O) groups is 2. The fourth-order valence-corrected chi connectivity index (χ4v) is 3.69. The van der Waals surface area contributed by atoms with Crippen molar-refractivity contribution in [1.82, 2.24) is 25.4 Å². The quantitative estimate of drug-likeness (QED) is 0.210. The number of carbonyl (C=O) groups excluding carboxylic acids is 2. The molecule has 0 radical (unpaired) electrons. The number of halogens is 2. The van der Waals surface area contributed by atoms with E-state index in [1.54, 1.807) is 0 Å². The smallest absolute Gasteiger partial charge is 0.243 e. The molecule has 1 aliphatic heterocycles. The number of nitrogens with zero attached hydrogens (tertiary/aromatic N) is 5. The van der Waals surface area contributed by atoms with Gasteiger partial charge in [-0.25, -0.2) is 5.06 Å². The van der Waals surface area contributed by atoms with Crippen LogP contribution < -0.4 is 15.8 Å². The molecular formula is C19H31ClFN7O3. The highest BCUT2D eigenvalue weighted by molar-refractivity contribution is 6.28. The lowest BCUT2D eigenvalue weighted by Gasteiger charge is -2.44. The molecule has 0 saturated carbocycles. The molecule has 1 fully saturated rings. The number of hydrogen-bond acceptors (Lipinski definition) is 8. The minimum Gasteiger partial charge on any atom is -0.348 e. The predicted molar refractivity (Wildman–Crippen MR) is 115 cm³/mol. The van der Waals surface area contributed by atoms with E-state index in [0.717, 1.165) is 19.4 Å². The van der Waals surface area contributed by atoms with Gasteiger partial charge in [0.15, 0.2) is 11.6 Å². The lowest BCUT2D eigenvalue weighted by molar-refractivity contribution is -0.154. The molecule has 0 aromatic carbocycles. The van der Waals surface area contributed by atoms with Crippen LogP contribution in [0.1, 0.15) is 40.0 Å². The average Bonchev–Trinajstić information content (AvgIpc) is 2.75. The van der Waals surface area contributed by atoms with Crippen molar-refractivity contribution in [2.75, 3.05) is 37.0 Å². The Bertz CT molecular complexity index is 772. The van der Waals surface area contributed by atoms with Gasteiger partial charge in [0, 0.05) is 25.2 Å². The van der Waals surface area contributed by atoms with E-state index in [0.29, 0.717) is 18.0 Å². The molecule has 3 N–H and O–H groups in total. The number of likely N-dealkylation sites (N-methyl/N-ethyl adjacent to an activating group) is 1. The summed E-state index contributed by atoms with van der Waals surface area (Å²) in [5.41, 5.74) is 4.88. The van der Waals surface area contributed by atoms with Crippen LogP contribution in [0.3, 0.4) is 0 Å². The molecule has 0 spiro atoms. The summed E-state index contributed by atoms with van der Waals surface area (Å²) in [6.07, 6.45) is 2.24. The highest BCUT2D eigenvalue weighted by Gasteiger charge is 2.32. The standard InChI is InChI=1S/C19H31ClFN7O3/c1-5-6-7-14(10-27(31)11-29)18(30)25-24-16-15(21)17(23-19(20)22-16)28-9-8-26(4)12(2)13(28)3/h11-14,31H,5-10H2,1-4H3,(H,25,30)(H,22,23,24)/t12-,13+,14-/m1/s1. The summed E-state index contributed by atoms with van der Waals surface area (Å²) >= 11 is 6.03. The molecule has 0 aliphatic carbocycles. The number of anilines is 2. The molecule has 31 heavy (non-hydrogen) atoms. The zero-order valence-corrected chi connectivity index (χ0v) is 19.1. The third-order valence-corrected chi connectivity index (χ3v) is 5.94. The maximum absolute atomic E-state index is 15.2. The van der Waals surface area contributed by atoms with Gasteiger partial charge in [-0.2, -0.15) is 14.4 Å². The fourth-order valence-electron chi connectivity index (χ4n) is 3.53. The highest BCUT2D eigenvalue weighted by atomic mass is 35.5. The number of nitrogens with one attached hydrogen (secondary N) is 2. The van der Waals surface area contributed by atoms with Gasteiger partial charge in [0.1, 0.15) is 0 Å². The minimum atomic E-state index is -0.727. The van der Waals surface area contributed by atoms with Gasteiger partial charge in [0.25, 0.3) is 0 Å². The van der Waals surface area contributed by atoms with Crippen molar-refractivity contribution >= 4 is 35.6 Å². The van der Waals surface area contributed by atoms with E-state index in [1.165, 1.54) is 0 Å². The third-order valence-electron chi connectivity index (χ3n) is 5.77. The Labute approximate surface area is 186 Å². The molecule has 2 heterocycles. The molecule has 174 valence electrons. The molecule has 1 saturated heterocycles. The number of amides is 2. The van der Waals surface area contributed by atoms with E-state index >= 15 is 4.39 Å². The Balaban J connectivity index is 2.16. The van der Waals surface area contributed by atoms with E-state index in [9.17, 15) is 14.8 Å². The summed E-state index contributed by atoms with van der Waals surface area (Å²) in [4.78, 5) is 35.2. The number of unbranched alkanes of at least 4 members (excludes halogenated alkanes) is 1. The number of hydroxylamine groups is 2. The van der Waals surface area contributed by atoms with E-state index in [1.807, 2.05) is 25.8 Å². The molecule has 10 nitrogen and oxygen atoms in total. The maximum atomic E-state index is 15.2. The Hall–Kier alpha value is -2.24. The van der Waals surface area contributed by atoms with Crippen LogP contribution in [0.25, 0.3) is 0 Å². The Morgan fingerprint density at radius 1 is 1.39 bits per heavy atom. The monoisotopic (exact) mass is 459 g/mol. The van der Waals surface area contributed by atoms with Crippen molar-refractivity contribution < 1.29 is 19.2 Å². The SMILES string of the molecule is CCCC[C@H](CN(O)C=O)C(=O)NNc1nc(Cl)nc(N2CCN(C)[C@H](C)[C@@H]2C)c1F. The number of hydrazine groups is 1. The molecule has 0 bridgehead atoms. The van der Waals surface area contributed by atoms with Gasteiger partial charge >= 0.3 is 0 Å². The van der Waals surface area contributed by atoms with Gasteiger partial charge in [0.05, 0.1) is 12.5 Å². The average molecular weight is 460 g/mol. The molecule has 1 aliphatic rings. The summed E-state index contributed by atoms with van der Waals surface area (Å²) in [5, 5.41) is 9.70. The largest absolute Gasteiger partial charge is 0.348 e. The summed E-state index contributed by atoms with van der Waals surface area (Å²) in [6, 6.07) is 0.163. The second-order valence-corrected chi connectivity index (χ2v) is 8.15. The first-order valence-electron chi connectivity index (χ1n) is 10.4. The van der Waals surface area contributed by atoms with Crippen molar-refractivity contribution in [1.29, 1.82) is 0 Å². The van der Waals surface area contributed by atoms with Gasteiger partial charge in [-0.05, 0) is 38.9 Å². The van der Waals surface area contributed by atoms with Crippen molar-refractivity contribution in [2.24, 2.45) is 5.92 Å². The molecule has 12 heteroatoms. The van der Waals surface area contributed by atoms with Gasteiger partial charge in [-0.15, -0.1) is 0 Å². The normalized spacial score (nSPS) is 20.3. The second kappa shape index (κ2) is 11.4.